The molecule has 0 atom stereocenters. The number of rotatable bonds is 6. The van der Waals surface area contributed by atoms with Gasteiger partial charge in [0.15, 0.2) is 18.1 Å². The molecule has 0 fully saturated rings. The fraction of sp³-hybridized carbons (Fsp3) is 0.308. The highest BCUT2D eigenvalue weighted by molar-refractivity contribution is 5.98. The summed E-state index contributed by atoms with van der Waals surface area (Å²) < 4.78 is 20.1. The highest BCUT2D eigenvalue weighted by atomic mass is 16.5. The smallest absolute Gasteiger partial charge is 0.342 e. The number of ether oxygens (including phenoxy) is 4. The fourth-order valence-corrected chi connectivity index (χ4v) is 1.64. The van der Waals surface area contributed by atoms with E-state index >= 15 is 0 Å². The zero-order valence-corrected chi connectivity index (χ0v) is 12.3. The molecule has 1 rings (SSSR count). The van der Waals surface area contributed by atoms with E-state index in [4.69, 9.17) is 24.7 Å². The van der Waals surface area contributed by atoms with Crippen LogP contribution in [0.15, 0.2) is 12.1 Å². The zero-order chi connectivity index (χ0) is 16.7. The van der Waals surface area contributed by atoms with Gasteiger partial charge in [-0.3, -0.25) is 10.1 Å². The molecule has 0 aliphatic rings. The predicted molar refractivity (Wildman–Crippen MR) is 74.1 cm³/mol. The molecule has 0 aliphatic heterocycles. The Morgan fingerprint density at radius 1 is 1.05 bits per heavy atom. The summed E-state index contributed by atoms with van der Waals surface area (Å²) >= 11 is 0. The summed E-state index contributed by atoms with van der Waals surface area (Å²) in [4.78, 5) is 33.7. The number of nitrogens with one attached hydrogen (secondary N) is 1. The lowest BCUT2D eigenvalue weighted by Crippen LogP contribution is -2.37. The molecule has 3 N–H and O–H groups in total. The molecule has 0 saturated heterocycles. The SMILES string of the molecule is COc1ccc(C(=O)OCC(=O)NC(N)=O)c(OC)c1OC. The van der Waals surface area contributed by atoms with Gasteiger partial charge in [-0.2, -0.15) is 0 Å². The minimum absolute atomic E-state index is 0.0343. The fourth-order valence-electron chi connectivity index (χ4n) is 1.64. The van der Waals surface area contributed by atoms with Gasteiger partial charge < -0.3 is 24.7 Å². The quantitative estimate of drug-likeness (QED) is 0.711. The molecule has 0 aromatic heterocycles. The maximum absolute atomic E-state index is 12.0. The highest BCUT2D eigenvalue weighted by Crippen LogP contribution is 2.39. The van der Waals surface area contributed by atoms with Crippen molar-refractivity contribution in [3.63, 3.8) is 0 Å². The zero-order valence-electron chi connectivity index (χ0n) is 12.3. The van der Waals surface area contributed by atoms with Gasteiger partial charge in [0, 0.05) is 0 Å². The number of carbonyl (C=O) groups is 3. The molecular formula is C13H16N2O7. The van der Waals surface area contributed by atoms with Gasteiger partial charge in [-0.15, -0.1) is 0 Å². The van der Waals surface area contributed by atoms with Crippen molar-refractivity contribution < 1.29 is 33.3 Å². The average molecular weight is 312 g/mol. The number of hydrogen-bond donors (Lipinski definition) is 2. The second-order valence-electron chi connectivity index (χ2n) is 3.87. The normalized spacial score (nSPS) is 9.59. The van der Waals surface area contributed by atoms with Gasteiger partial charge in [0.25, 0.3) is 5.91 Å². The van der Waals surface area contributed by atoms with Crippen molar-refractivity contribution in [2.24, 2.45) is 5.73 Å². The van der Waals surface area contributed by atoms with Crippen LogP contribution in [-0.4, -0.2) is 45.8 Å². The Morgan fingerprint density at radius 2 is 1.68 bits per heavy atom. The number of methoxy groups -OCH3 is 3. The Bertz CT molecular complexity index is 586. The van der Waals surface area contributed by atoms with Crippen LogP contribution in [0.2, 0.25) is 0 Å². The van der Waals surface area contributed by atoms with Gasteiger partial charge in [0.05, 0.1) is 21.3 Å². The molecule has 1 aromatic rings. The lowest BCUT2D eigenvalue weighted by atomic mass is 10.1. The number of benzene rings is 1. The van der Waals surface area contributed by atoms with Crippen LogP contribution in [-0.2, 0) is 9.53 Å². The number of primary amides is 1. The summed E-state index contributed by atoms with van der Waals surface area (Å²) in [6.45, 7) is -0.667. The Kier molecular flexibility index (Phi) is 5.99. The Morgan fingerprint density at radius 3 is 2.18 bits per heavy atom. The maximum Gasteiger partial charge on any atom is 0.342 e. The van der Waals surface area contributed by atoms with Crippen molar-refractivity contribution in [1.82, 2.24) is 5.32 Å². The standard InChI is InChI=1S/C13H16N2O7/c1-19-8-5-4-7(10(20-2)11(8)21-3)12(17)22-6-9(16)15-13(14)18/h4-5H,6H2,1-3H3,(H3,14,15,16,18). The lowest BCUT2D eigenvalue weighted by Gasteiger charge is -2.14. The van der Waals surface area contributed by atoms with E-state index in [1.165, 1.54) is 33.5 Å². The molecule has 0 radical (unpaired) electrons. The van der Waals surface area contributed by atoms with E-state index in [1.807, 2.05) is 0 Å². The molecule has 1 aromatic carbocycles. The lowest BCUT2D eigenvalue weighted by molar-refractivity contribution is -0.123. The van der Waals surface area contributed by atoms with Gasteiger partial charge >= 0.3 is 12.0 Å². The Hall–Kier alpha value is -2.97. The van der Waals surface area contributed by atoms with Crippen LogP contribution < -0.4 is 25.3 Å². The van der Waals surface area contributed by atoms with Gasteiger partial charge in [-0.25, -0.2) is 9.59 Å². The van der Waals surface area contributed by atoms with Crippen molar-refractivity contribution in [2.75, 3.05) is 27.9 Å². The van der Waals surface area contributed by atoms with Crippen molar-refractivity contribution in [3.05, 3.63) is 17.7 Å². The first-order valence-corrected chi connectivity index (χ1v) is 6.00. The largest absolute Gasteiger partial charge is 0.493 e. The van der Waals surface area contributed by atoms with Crippen LogP contribution in [0.5, 0.6) is 17.2 Å². The third-order valence-electron chi connectivity index (χ3n) is 2.52. The van der Waals surface area contributed by atoms with Crippen LogP contribution in [0.1, 0.15) is 10.4 Å². The van der Waals surface area contributed by atoms with Crippen molar-refractivity contribution in [1.29, 1.82) is 0 Å². The molecule has 0 heterocycles. The molecule has 9 heteroatoms. The van der Waals surface area contributed by atoms with Crippen LogP contribution in [0.4, 0.5) is 4.79 Å². The van der Waals surface area contributed by atoms with Gasteiger partial charge in [0.1, 0.15) is 5.56 Å². The first kappa shape index (κ1) is 17.1. The third-order valence-corrected chi connectivity index (χ3v) is 2.52. The van der Waals surface area contributed by atoms with E-state index in [-0.39, 0.29) is 17.1 Å². The monoisotopic (exact) mass is 312 g/mol. The molecule has 0 aliphatic carbocycles. The number of esters is 1. The number of carbonyl (C=O) groups excluding carboxylic acids is 3. The molecule has 0 unspecified atom stereocenters. The van der Waals surface area contributed by atoms with E-state index in [0.717, 1.165) is 0 Å². The number of amides is 3. The highest BCUT2D eigenvalue weighted by Gasteiger charge is 2.22. The summed E-state index contributed by atoms with van der Waals surface area (Å²) in [6, 6.07) is 1.85. The second kappa shape index (κ2) is 7.72. The molecule has 22 heavy (non-hydrogen) atoms. The molecular weight excluding hydrogens is 296 g/mol. The van der Waals surface area contributed by atoms with Crippen molar-refractivity contribution in [2.45, 2.75) is 0 Å². The maximum atomic E-state index is 12.0. The summed E-state index contributed by atoms with van der Waals surface area (Å²) in [7, 11) is 4.16. The molecule has 120 valence electrons. The predicted octanol–water partition coefficient (Wildman–Crippen LogP) is 0.0641. The van der Waals surface area contributed by atoms with Crippen LogP contribution in [0.25, 0.3) is 0 Å². The van der Waals surface area contributed by atoms with E-state index in [1.54, 1.807) is 5.32 Å². The van der Waals surface area contributed by atoms with Crippen LogP contribution in [0, 0.1) is 0 Å². The number of hydrogen-bond acceptors (Lipinski definition) is 7. The van der Waals surface area contributed by atoms with Crippen LogP contribution >= 0.6 is 0 Å². The summed E-state index contributed by atoms with van der Waals surface area (Å²) in [5, 5.41) is 1.77. The van der Waals surface area contributed by atoms with E-state index in [2.05, 4.69) is 0 Å². The van der Waals surface area contributed by atoms with Gasteiger partial charge in [-0.1, -0.05) is 0 Å². The number of imide groups is 1. The molecule has 0 bridgehead atoms. The van der Waals surface area contributed by atoms with E-state index < -0.39 is 24.5 Å². The van der Waals surface area contributed by atoms with Gasteiger partial charge in [-0.05, 0) is 12.1 Å². The van der Waals surface area contributed by atoms with E-state index in [0.29, 0.717) is 5.75 Å². The Labute approximate surface area is 126 Å². The van der Waals surface area contributed by atoms with Gasteiger partial charge in [0.2, 0.25) is 5.75 Å². The van der Waals surface area contributed by atoms with Crippen LogP contribution in [0.3, 0.4) is 0 Å². The first-order valence-electron chi connectivity index (χ1n) is 6.00. The molecule has 0 spiro atoms. The van der Waals surface area contributed by atoms with E-state index in [9.17, 15) is 14.4 Å². The summed E-state index contributed by atoms with van der Waals surface area (Å²) in [6.07, 6.45) is 0. The van der Waals surface area contributed by atoms with Crippen molar-refractivity contribution >= 4 is 17.9 Å². The number of urea groups is 1. The number of nitrogens with two attached hydrogens (primary N) is 1. The second-order valence-corrected chi connectivity index (χ2v) is 3.87. The minimum atomic E-state index is -1.04. The third kappa shape index (κ3) is 4.01. The topological polar surface area (TPSA) is 126 Å². The average Bonchev–Trinajstić information content (AvgIpc) is 2.50. The molecule has 9 nitrogen and oxygen atoms in total. The first-order chi connectivity index (χ1) is 10.4. The summed E-state index contributed by atoms with van der Waals surface area (Å²) in [5.41, 5.74) is 4.80. The molecule has 0 saturated carbocycles. The molecule has 3 amide bonds. The minimum Gasteiger partial charge on any atom is -0.493 e. The Balaban J connectivity index is 2.94. The van der Waals surface area contributed by atoms with Crippen molar-refractivity contribution in [3.8, 4) is 17.2 Å². The summed E-state index contributed by atoms with van der Waals surface area (Å²) in [5.74, 6) is -1.01.